The Kier molecular flexibility index (Phi) is 5.71. The first-order valence-electron chi connectivity index (χ1n) is 7.45. The maximum absolute atomic E-state index is 13.3. The van der Waals surface area contributed by atoms with Gasteiger partial charge in [-0.25, -0.2) is 24.4 Å². The monoisotopic (exact) mass is 392 g/mol. The van der Waals surface area contributed by atoms with Crippen LogP contribution < -0.4 is 4.90 Å². The topological polar surface area (TPSA) is 122 Å². The maximum Gasteiger partial charge on any atom is 0.434 e. The van der Waals surface area contributed by atoms with Crippen LogP contribution in [0.2, 0.25) is 0 Å². The molecule has 0 unspecified atom stereocenters. The van der Waals surface area contributed by atoms with Crippen molar-refractivity contribution in [1.29, 1.82) is 0 Å². The summed E-state index contributed by atoms with van der Waals surface area (Å²) in [6.45, 7) is -0.585. The molecule has 1 fully saturated rings. The van der Waals surface area contributed by atoms with Crippen LogP contribution in [0.4, 0.5) is 23.9 Å². The van der Waals surface area contributed by atoms with E-state index in [0.717, 1.165) is 24.0 Å². The Hall–Kier alpha value is -3.12. The molecule has 13 heteroatoms. The Bertz CT molecular complexity index is 757. The molecule has 0 bridgehead atoms. The number of carbonyl (C=O) groups is 3. The number of amides is 1. The van der Waals surface area contributed by atoms with E-state index in [-0.39, 0.29) is 19.6 Å². The number of rotatable bonds is 3. The molecule has 1 N–H and O–H groups in total. The Morgan fingerprint density at radius 3 is 2.41 bits per heavy atom. The minimum Gasteiger partial charge on any atom is -0.467 e. The van der Waals surface area contributed by atoms with Crippen LogP contribution >= 0.6 is 0 Å². The highest BCUT2D eigenvalue weighted by Gasteiger charge is 2.41. The molecule has 2 heterocycles. The lowest BCUT2D eigenvalue weighted by Gasteiger charge is -2.38. The van der Waals surface area contributed by atoms with Gasteiger partial charge in [-0.3, -0.25) is 0 Å². The first-order valence-corrected chi connectivity index (χ1v) is 7.45. The van der Waals surface area contributed by atoms with Crippen molar-refractivity contribution in [2.24, 2.45) is 0 Å². The third-order valence-corrected chi connectivity index (χ3v) is 3.83. The number of methoxy groups -OCH3 is 2. The summed E-state index contributed by atoms with van der Waals surface area (Å²) < 4.78 is 48.8. The maximum atomic E-state index is 13.3. The molecular weight excluding hydrogens is 377 g/mol. The first-order chi connectivity index (χ1) is 12.6. The molecule has 1 aliphatic heterocycles. The summed E-state index contributed by atoms with van der Waals surface area (Å²) in [5.41, 5.74) is -2.41. The van der Waals surface area contributed by atoms with Gasteiger partial charge in [0.1, 0.15) is 11.6 Å². The molecule has 10 nitrogen and oxygen atoms in total. The molecule has 0 spiro atoms. The fourth-order valence-electron chi connectivity index (χ4n) is 2.52. The molecule has 27 heavy (non-hydrogen) atoms. The van der Waals surface area contributed by atoms with Crippen LogP contribution in [-0.4, -0.2) is 77.9 Å². The van der Waals surface area contributed by atoms with Crippen molar-refractivity contribution in [3.05, 3.63) is 17.5 Å². The van der Waals surface area contributed by atoms with Crippen LogP contribution in [0.5, 0.6) is 0 Å². The number of alkyl halides is 3. The van der Waals surface area contributed by atoms with Crippen molar-refractivity contribution >= 4 is 24.0 Å². The summed E-state index contributed by atoms with van der Waals surface area (Å²) in [5.74, 6) is -2.63. The lowest BCUT2D eigenvalue weighted by Crippen LogP contribution is -2.58. The molecule has 0 radical (unpaired) electrons. The summed E-state index contributed by atoms with van der Waals surface area (Å²) in [6, 6.07) is -1.25. The molecule has 1 saturated heterocycles. The molecule has 1 amide bonds. The average Bonchev–Trinajstić information content (AvgIpc) is 2.64. The van der Waals surface area contributed by atoms with Gasteiger partial charge in [0.2, 0.25) is 5.95 Å². The number of halogens is 3. The number of carbonyl (C=O) groups excluding carboxylic acids is 2. The first kappa shape index (κ1) is 20.2. The van der Waals surface area contributed by atoms with Gasteiger partial charge in [-0.05, 0) is 0 Å². The highest BCUT2D eigenvalue weighted by atomic mass is 19.4. The van der Waals surface area contributed by atoms with E-state index in [9.17, 15) is 27.6 Å². The second kappa shape index (κ2) is 7.63. The molecule has 1 aromatic heterocycles. The van der Waals surface area contributed by atoms with Gasteiger partial charge in [0.15, 0.2) is 5.69 Å². The van der Waals surface area contributed by atoms with Crippen LogP contribution in [0.3, 0.4) is 0 Å². The van der Waals surface area contributed by atoms with E-state index >= 15 is 0 Å². The molecule has 0 aromatic carbocycles. The Morgan fingerprint density at radius 2 is 1.89 bits per heavy atom. The number of ether oxygens (including phenoxy) is 2. The zero-order chi connectivity index (χ0) is 20.4. The Morgan fingerprint density at radius 1 is 1.22 bits per heavy atom. The molecule has 148 valence electrons. The molecule has 0 aliphatic carbocycles. The summed E-state index contributed by atoms with van der Waals surface area (Å²) in [6.07, 6.45) is -5.62. The lowest BCUT2D eigenvalue weighted by molar-refractivity contribution is -0.143. The fourth-order valence-corrected chi connectivity index (χ4v) is 2.52. The largest absolute Gasteiger partial charge is 0.467 e. The molecule has 1 atom stereocenters. The number of esters is 2. The zero-order valence-corrected chi connectivity index (χ0v) is 14.2. The summed E-state index contributed by atoms with van der Waals surface area (Å²) in [5, 5.41) is 9.07. The summed E-state index contributed by atoms with van der Waals surface area (Å²) >= 11 is 0. The van der Waals surface area contributed by atoms with Crippen molar-refractivity contribution in [3.63, 3.8) is 0 Å². The quantitative estimate of drug-likeness (QED) is 0.738. The normalized spacial score (nSPS) is 17.4. The van der Waals surface area contributed by atoms with Crippen molar-refractivity contribution in [3.8, 4) is 0 Å². The average molecular weight is 392 g/mol. The number of piperazine rings is 1. The van der Waals surface area contributed by atoms with Gasteiger partial charge in [-0.2, -0.15) is 13.2 Å². The van der Waals surface area contributed by atoms with Crippen LogP contribution in [0, 0.1) is 0 Å². The minimum atomic E-state index is -4.98. The van der Waals surface area contributed by atoms with E-state index in [2.05, 4.69) is 19.4 Å². The van der Waals surface area contributed by atoms with Gasteiger partial charge < -0.3 is 24.4 Å². The van der Waals surface area contributed by atoms with Crippen molar-refractivity contribution in [1.82, 2.24) is 14.9 Å². The standard InChI is InChI=1S/C14H15F3N4O6/c1-26-10(22)7-5-18-12(19-9(7)14(15,16)17)21-4-3-20(13(24)25)6-8(21)11(23)27-2/h5,8H,3-4,6H2,1-2H3,(H,24,25)/t8-/m0/s1. The number of hydrogen-bond acceptors (Lipinski definition) is 8. The second-order valence-corrected chi connectivity index (χ2v) is 5.38. The van der Waals surface area contributed by atoms with E-state index in [1.807, 2.05) is 0 Å². The number of anilines is 1. The highest BCUT2D eigenvalue weighted by molar-refractivity contribution is 5.90. The molecule has 1 aromatic rings. The van der Waals surface area contributed by atoms with Gasteiger partial charge in [0.25, 0.3) is 0 Å². The van der Waals surface area contributed by atoms with E-state index in [4.69, 9.17) is 5.11 Å². The third kappa shape index (κ3) is 4.17. The van der Waals surface area contributed by atoms with Crippen LogP contribution in [0.1, 0.15) is 16.1 Å². The van der Waals surface area contributed by atoms with Gasteiger partial charge >= 0.3 is 24.2 Å². The van der Waals surface area contributed by atoms with Crippen LogP contribution in [0.15, 0.2) is 6.20 Å². The van der Waals surface area contributed by atoms with E-state index in [0.29, 0.717) is 6.20 Å². The Balaban J connectivity index is 2.47. The van der Waals surface area contributed by atoms with Crippen LogP contribution in [-0.2, 0) is 20.4 Å². The minimum absolute atomic E-state index is 0.0910. The number of nitrogens with zero attached hydrogens (tertiary/aromatic N) is 4. The summed E-state index contributed by atoms with van der Waals surface area (Å²) in [4.78, 5) is 43.8. The van der Waals surface area contributed by atoms with Gasteiger partial charge in [0.05, 0.1) is 20.8 Å². The predicted octanol–water partition coefficient (Wildman–Crippen LogP) is 0.624. The molecular formula is C14H15F3N4O6. The number of carboxylic acid groups (broad SMARTS) is 1. The third-order valence-electron chi connectivity index (χ3n) is 3.83. The molecule has 1 aliphatic rings. The van der Waals surface area contributed by atoms with E-state index < -0.39 is 47.5 Å². The van der Waals surface area contributed by atoms with Gasteiger partial charge in [0, 0.05) is 19.3 Å². The van der Waals surface area contributed by atoms with Crippen molar-refractivity contribution < 1.29 is 42.1 Å². The van der Waals surface area contributed by atoms with Gasteiger partial charge in [-0.15, -0.1) is 0 Å². The van der Waals surface area contributed by atoms with E-state index in [1.165, 1.54) is 0 Å². The van der Waals surface area contributed by atoms with Gasteiger partial charge in [-0.1, -0.05) is 0 Å². The lowest BCUT2D eigenvalue weighted by atomic mass is 10.1. The van der Waals surface area contributed by atoms with Crippen molar-refractivity contribution in [2.75, 3.05) is 38.8 Å². The summed E-state index contributed by atoms with van der Waals surface area (Å²) in [7, 11) is 1.97. The zero-order valence-electron chi connectivity index (χ0n) is 14.2. The van der Waals surface area contributed by atoms with Crippen molar-refractivity contribution in [2.45, 2.75) is 12.2 Å². The molecule has 0 saturated carbocycles. The van der Waals surface area contributed by atoms with Crippen LogP contribution in [0.25, 0.3) is 0 Å². The molecule has 2 rings (SSSR count). The highest BCUT2D eigenvalue weighted by Crippen LogP contribution is 2.32. The van der Waals surface area contributed by atoms with E-state index in [1.54, 1.807) is 0 Å². The second-order valence-electron chi connectivity index (χ2n) is 5.38. The number of aromatic nitrogens is 2. The SMILES string of the molecule is COC(=O)c1cnc(N2CCN(C(=O)O)C[C@H]2C(=O)OC)nc1C(F)(F)F. The smallest absolute Gasteiger partial charge is 0.434 e. The Labute approximate surface area is 150 Å². The predicted molar refractivity (Wildman–Crippen MR) is 81.1 cm³/mol. The fraction of sp³-hybridized carbons (Fsp3) is 0.500. The number of hydrogen-bond donors (Lipinski definition) is 1.